The number of ether oxygens (including phenoxy) is 1. The summed E-state index contributed by atoms with van der Waals surface area (Å²) < 4.78 is 7.73. The average Bonchev–Trinajstić information content (AvgIpc) is 3.25. The van der Waals surface area contributed by atoms with Gasteiger partial charge in [0.05, 0.1) is 31.1 Å². The van der Waals surface area contributed by atoms with E-state index in [1.54, 1.807) is 11.8 Å². The quantitative estimate of drug-likeness (QED) is 0.639. The van der Waals surface area contributed by atoms with E-state index in [1.165, 1.54) is 0 Å². The first kappa shape index (κ1) is 23.1. The summed E-state index contributed by atoms with van der Waals surface area (Å²) in [4.78, 5) is 17.3. The Hall–Kier alpha value is -2.10. The van der Waals surface area contributed by atoms with Crippen molar-refractivity contribution in [3.8, 4) is 0 Å². The molecule has 0 atom stereocenters. The standard InChI is InChI=1S/C23H34N6O2S/c1-17(2)29-22(25-26-23(29)32-3)18-8-10-27(11-9-18)16-21(30)24-19-6-4-5-7-20(19)28-12-14-31-15-13-28/h4-7,17-18H,8-16H2,1-3H3,(H,24,30). The summed E-state index contributed by atoms with van der Waals surface area (Å²) >= 11 is 1.65. The van der Waals surface area contributed by atoms with Crippen LogP contribution in [0.15, 0.2) is 29.4 Å². The molecule has 32 heavy (non-hydrogen) atoms. The molecule has 2 saturated heterocycles. The number of piperidine rings is 1. The van der Waals surface area contributed by atoms with Crippen molar-refractivity contribution >= 4 is 29.0 Å². The first-order valence-corrected chi connectivity index (χ1v) is 12.7. The van der Waals surface area contributed by atoms with Gasteiger partial charge in [-0.05, 0) is 58.2 Å². The van der Waals surface area contributed by atoms with Gasteiger partial charge in [-0.2, -0.15) is 0 Å². The molecule has 0 spiro atoms. The van der Waals surface area contributed by atoms with Gasteiger partial charge in [-0.15, -0.1) is 10.2 Å². The Morgan fingerprint density at radius 1 is 1.16 bits per heavy atom. The molecule has 3 heterocycles. The predicted molar refractivity (Wildman–Crippen MR) is 129 cm³/mol. The Labute approximate surface area is 194 Å². The summed E-state index contributed by atoms with van der Waals surface area (Å²) in [7, 11) is 0. The number of para-hydroxylation sites is 2. The van der Waals surface area contributed by atoms with Crippen molar-refractivity contribution in [1.82, 2.24) is 19.7 Å². The lowest BCUT2D eigenvalue weighted by Gasteiger charge is -2.32. The van der Waals surface area contributed by atoms with E-state index in [4.69, 9.17) is 4.74 Å². The normalized spacial score (nSPS) is 18.3. The van der Waals surface area contributed by atoms with Gasteiger partial charge in [-0.1, -0.05) is 23.9 Å². The van der Waals surface area contributed by atoms with Gasteiger partial charge in [0, 0.05) is 25.0 Å². The zero-order valence-electron chi connectivity index (χ0n) is 19.3. The third kappa shape index (κ3) is 5.27. The first-order valence-electron chi connectivity index (χ1n) is 11.5. The number of hydrogen-bond acceptors (Lipinski definition) is 7. The lowest BCUT2D eigenvalue weighted by molar-refractivity contribution is -0.117. The summed E-state index contributed by atoms with van der Waals surface area (Å²) in [5.74, 6) is 1.53. The van der Waals surface area contributed by atoms with Crippen LogP contribution in [0.1, 0.15) is 44.5 Å². The van der Waals surface area contributed by atoms with Crippen molar-refractivity contribution in [3.63, 3.8) is 0 Å². The molecule has 0 unspecified atom stereocenters. The molecule has 4 rings (SSSR count). The number of hydrogen-bond donors (Lipinski definition) is 1. The maximum atomic E-state index is 12.8. The second kappa shape index (κ2) is 10.7. The molecule has 0 radical (unpaired) electrons. The monoisotopic (exact) mass is 458 g/mol. The average molecular weight is 459 g/mol. The summed E-state index contributed by atoms with van der Waals surface area (Å²) in [6, 6.07) is 8.39. The van der Waals surface area contributed by atoms with Crippen molar-refractivity contribution in [3.05, 3.63) is 30.1 Å². The largest absolute Gasteiger partial charge is 0.378 e. The Bertz CT molecular complexity index is 904. The molecular formula is C23H34N6O2S. The molecule has 1 amide bonds. The van der Waals surface area contributed by atoms with Crippen LogP contribution in [0.3, 0.4) is 0 Å². The van der Waals surface area contributed by atoms with Gasteiger partial charge in [0.2, 0.25) is 5.91 Å². The molecule has 174 valence electrons. The highest BCUT2D eigenvalue weighted by atomic mass is 32.2. The maximum absolute atomic E-state index is 12.8. The molecule has 2 aliphatic rings. The smallest absolute Gasteiger partial charge is 0.238 e. The molecule has 0 saturated carbocycles. The Balaban J connectivity index is 1.33. The number of aromatic nitrogens is 3. The fourth-order valence-corrected chi connectivity index (χ4v) is 5.22. The second-order valence-electron chi connectivity index (χ2n) is 8.72. The van der Waals surface area contributed by atoms with Crippen LogP contribution in [0.25, 0.3) is 0 Å². The molecule has 2 aromatic rings. The summed E-state index contributed by atoms with van der Waals surface area (Å²) in [5, 5.41) is 13.0. The molecule has 2 fully saturated rings. The lowest BCUT2D eigenvalue weighted by Crippen LogP contribution is -2.40. The fraction of sp³-hybridized carbons (Fsp3) is 0.609. The van der Waals surface area contributed by atoms with E-state index in [2.05, 4.69) is 49.8 Å². The van der Waals surface area contributed by atoms with Crippen LogP contribution >= 0.6 is 11.8 Å². The predicted octanol–water partition coefficient (Wildman–Crippen LogP) is 3.24. The fourth-order valence-electron chi connectivity index (χ4n) is 4.59. The van der Waals surface area contributed by atoms with Gasteiger partial charge in [0.25, 0.3) is 0 Å². The van der Waals surface area contributed by atoms with Crippen molar-refractivity contribution in [2.75, 3.05) is 62.4 Å². The lowest BCUT2D eigenvalue weighted by atomic mass is 9.95. The number of carbonyl (C=O) groups is 1. The van der Waals surface area contributed by atoms with Crippen molar-refractivity contribution in [2.24, 2.45) is 0 Å². The van der Waals surface area contributed by atoms with E-state index >= 15 is 0 Å². The number of nitrogens with one attached hydrogen (secondary N) is 1. The van der Waals surface area contributed by atoms with Crippen LogP contribution in [-0.4, -0.2) is 77.8 Å². The number of carbonyl (C=O) groups excluding carboxylic acids is 1. The molecule has 1 aromatic carbocycles. The Morgan fingerprint density at radius 3 is 2.56 bits per heavy atom. The van der Waals surface area contributed by atoms with Crippen LogP contribution in [0.2, 0.25) is 0 Å². The van der Waals surface area contributed by atoms with Crippen LogP contribution < -0.4 is 10.2 Å². The van der Waals surface area contributed by atoms with Crippen LogP contribution in [0.5, 0.6) is 0 Å². The van der Waals surface area contributed by atoms with Gasteiger partial charge < -0.3 is 19.5 Å². The number of anilines is 2. The van der Waals surface area contributed by atoms with E-state index in [-0.39, 0.29) is 5.91 Å². The van der Waals surface area contributed by atoms with Gasteiger partial charge in [0.1, 0.15) is 5.82 Å². The number of thioether (sulfide) groups is 1. The number of morpholine rings is 1. The minimum Gasteiger partial charge on any atom is -0.378 e. The highest BCUT2D eigenvalue weighted by molar-refractivity contribution is 7.98. The van der Waals surface area contributed by atoms with Gasteiger partial charge in [-0.25, -0.2) is 0 Å². The zero-order chi connectivity index (χ0) is 22.5. The highest BCUT2D eigenvalue weighted by Crippen LogP contribution is 2.31. The van der Waals surface area contributed by atoms with Crippen molar-refractivity contribution in [2.45, 2.75) is 43.8 Å². The second-order valence-corrected chi connectivity index (χ2v) is 9.50. The number of rotatable bonds is 7. The molecule has 1 N–H and O–H groups in total. The molecule has 0 aliphatic carbocycles. The van der Waals surface area contributed by atoms with E-state index < -0.39 is 0 Å². The summed E-state index contributed by atoms with van der Waals surface area (Å²) in [6.45, 7) is 9.70. The van der Waals surface area contributed by atoms with Crippen molar-refractivity contribution in [1.29, 1.82) is 0 Å². The molecule has 2 aliphatic heterocycles. The number of amides is 1. The number of nitrogens with zero attached hydrogens (tertiary/aromatic N) is 5. The molecule has 9 heteroatoms. The van der Waals surface area contributed by atoms with Gasteiger partial charge in [0.15, 0.2) is 5.16 Å². The molecule has 0 bridgehead atoms. The highest BCUT2D eigenvalue weighted by Gasteiger charge is 2.28. The molecular weight excluding hydrogens is 424 g/mol. The Kier molecular flexibility index (Phi) is 7.70. The minimum atomic E-state index is 0.0409. The van der Waals surface area contributed by atoms with E-state index in [0.29, 0.717) is 18.5 Å². The Morgan fingerprint density at radius 2 is 1.88 bits per heavy atom. The van der Waals surface area contributed by atoms with E-state index in [0.717, 1.165) is 74.6 Å². The van der Waals surface area contributed by atoms with Gasteiger partial charge in [-0.3, -0.25) is 9.69 Å². The zero-order valence-corrected chi connectivity index (χ0v) is 20.1. The maximum Gasteiger partial charge on any atom is 0.238 e. The summed E-state index contributed by atoms with van der Waals surface area (Å²) in [6.07, 6.45) is 4.04. The third-order valence-electron chi connectivity index (χ3n) is 6.24. The molecule has 8 nitrogen and oxygen atoms in total. The first-order chi connectivity index (χ1) is 15.6. The molecule has 1 aromatic heterocycles. The topological polar surface area (TPSA) is 75.5 Å². The number of likely N-dealkylation sites (tertiary alicyclic amines) is 1. The van der Waals surface area contributed by atoms with Crippen molar-refractivity contribution < 1.29 is 9.53 Å². The van der Waals surface area contributed by atoms with E-state index in [9.17, 15) is 4.79 Å². The SMILES string of the molecule is CSc1nnc(C2CCN(CC(=O)Nc3ccccc3N3CCOCC3)CC2)n1C(C)C. The van der Waals surface area contributed by atoms with E-state index in [1.807, 2.05) is 24.5 Å². The minimum absolute atomic E-state index is 0.0409. The van der Waals surface area contributed by atoms with Crippen LogP contribution in [0.4, 0.5) is 11.4 Å². The van der Waals surface area contributed by atoms with Gasteiger partial charge >= 0.3 is 0 Å². The van der Waals surface area contributed by atoms with Crippen LogP contribution in [-0.2, 0) is 9.53 Å². The summed E-state index contributed by atoms with van der Waals surface area (Å²) in [5.41, 5.74) is 1.95. The third-order valence-corrected chi connectivity index (χ3v) is 6.88. The van der Waals surface area contributed by atoms with Crippen LogP contribution in [0, 0.1) is 0 Å². The number of benzene rings is 1.